The monoisotopic (exact) mass is 427 g/mol. The van der Waals surface area contributed by atoms with Gasteiger partial charge in [0.25, 0.3) is 0 Å². The van der Waals surface area contributed by atoms with Gasteiger partial charge < -0.3 is 4.90 Å². The Bertz CT molecular complexity index is 1030. The Morgan fingerprint density at radius 2 is 1.57 bits per heavy atom. The van der Waals surface area contributed by atoms with Crippen LogP contribution in [0.1, 0.15) is 34.2 Å². The third-order valence-corrected chi connectivity index (χ3v) is 7.32. The minimum atomic E-state index is -3.63. The van der Waals surface area contributed by atoms with Gasteiger partial charge in [0.15, 0.2) is 0 Å². The van der Waals surface area contributed by atoms with Crippen LogP contribution in [-0.4, -0.2) is 50.7 Å². The van der Waals surface area contributed by atoms with Crippen LogP contribution >= 0.6 is 0 Å². The molecular formula is C23H29N3O3S. The maximum absolute atomic E-state index is 13.0. The minimum absolute atomic E-state index is 0.0483. The summed E-state index contributed by atoms with van der Waals surface area (Å²) >= 11 is 0. The van der Waals surface area contributed by atoms with Crippen molar-refractivity contribution in [2.75, 3.05) is 27.2 Å². The van der Waals surface area contributed by atoms with E-state index in [1.165, 1.54) is 4.31 Å². The summed E-state index contributed by atoms with van der Waals surface area (Å²) in [5.41, 5.74) is 4.06. The van der Waals surface area contributed by atoms with Crippen molar-refractivity contribution in [1.82, 2.24) is 9.21 Å². The van der Waals surface area contributed by atoms with Gasteiger partial charge in [-0.3, -0.25) is 4.79 Å². The number of nitrogens with zero attached hydrogens (tertiary/aromatic N) is 3. The van der Waals surface area contributed by atoms with E-state index in [1.54, 1.807) is 45.0 Å². The Morgan fingerprint density at radius 3 is 2.10 bits per heavy atom. The van der Waals surface area contributed by atoms with Crippen LogP contribution in [0.4, 0.5) is 0 Å². The van der Waals surface area contributed by atoms with Crippen molar-refractivity contribution in [1.29, 1.82) is 5.26 Å². The quantitative estimate of drug-likeness (QED) is 0.648. The molecule has 0 unspecified atom stereocenters. The molecule has 30 heavy (non-hydrogen) atoms. The number of nitriles is 1. The Kier molecular flexibility index (Phi) is 7.77. The van der Waals surface area contributed by atoms with Crippen molar-refractivity contribution in [3.8, 4) is 6.07 Å². The third-order valence-electron chi connectivity index (χ3n) is 5.16. The lowest BCUT2D eigenvalue weighted by molar-refractivity contribution is -0.129. The van der Waals surface area contributed by atoms with Crippen LogP contribution in [0, 0.1) is 32.1 Å². The number of rotatable bonds is 8. The Morgan fingerprint density at radius 1 is 1.00 bits per heavy atom. The van der Waals surface area contributed by atoms with E-state index >= 15 is 0 Å². The first-order chi connectivity index (χ1) is 14.1. The highest BCUT2D eigenvalue weighted by Crippen LogP contribution is 2.24. The van der Waals surface area contributed by atoms with Crippen LogP contribution in [0.2, 0.25) is 0 Å². The van der Waals surface area contributed by atoms with Gasteiger partial charge in [-0.15, -0.1) is 0 Å². The highest BCUT2D eigenvalue weighted by atomic mass is 32.2. The number of amides is 1. The molecule has 0 aliphatic rings. The Labute approximate surface area is 179 Å². The average molecular weight is 428 g/mol. The van der Waals surface area contributed by atoms with Crippen molar-refractivity contribution < 1.29 is 13.2 Å². The maximum Gasteiger partial charge on any atom is 0.243 e. The molecule has 2 aromatic carbocycles. The van der Waals surface area contributed by atoms with Crippen LogP contribution in [0.15, 0.2) is 41.3 Å². The molecule has 0 N–H and O–H groups in total. The van der Waals surface area contributed by atoms with Gasteiger partial charge in [0, 0.05) is 33.6 Å². The number of likely N-dealkylation sites (N-methyl/N-ethyl adjacent to an activating group) is 2. The molecule has 0 aliphatic carbocycles. The van der Waals surface area contributed by atoms with Crippen molar-refractivity contribution in [2.45, 2.75) is 38.5 Å². The van der Waals surface area contributed by atoms with Crippen LogP contribution in [0.25, 0.3) is 0 Å². The van der Waals surface area contributed by atoms with E-state index in [0.29, 0.717) is 29.8 Å². The normalized spacial score (nSPS) is 11.4. The standard InChI is InChI=1S/C23H29N3O3S/c1-17-14-18(2)23(19(3)15-17)30(28,29)26(5)13-12-25(4)22(27)11-10-20-6-8-21(16-24)9-7-20/h6-9,14-15H,10-13H2,1-5H3. The van der Waals surface area contributed by atoms with Crippen molar-refractivity contribution >= 4 is 15.9 Å². The summed E-state index contributed by atoms with van der Waals surface area (Å²) in [6, 6.07) is 13.0. The summed E-state index contributed by atoms with van der Waals surface area (Å²) in [7, 11) is -0.402. The Hall–Kier alpha value is -2.69. The van der Waals surface area contributed by atoms with E-state index in [0.717, 1.165) is 22.3 Å². The van der Waals surface area contributed by atoms with Gasteiger partial charge in [-0.1, -0.05) is 29.8 Å². The average Bonchev–Trinajstić information content (AvgIpc) is 2.69. The number of carbonyl (C=O) groups is 1. The lowest BCUT2D eigenvalue weighted by Gasteiger charge is -2.24. The zero-order valence-electron chi connectivity index (χ0n) is 18.3. The summed E-state index contributed by atoms with van der Waals surface area (Å²) in [5, 5.41) is 8.84. The number of carbonyl (C=O) groups excluding carboxylic acids is 1. The van der Waals surface area contributed by atoms with Gasteiger partial charge in [-0.05, 0) is 56.0 Å². The van der Waals surface area contributed by atoms with Gasteiger partial charge in [-0.2, -0.15) is 9.57 Å². The van der Waals surface area contributed by atoms with Crippen LogP contribution in [-0.2, 0) is 21.2 Å². The molecule has 2 aromatic rings. The number of benzene rings is 2. The molecule has 0 saturated heterocycles. The van der Waals surface area contributed by atoms with Gasteiger partial charge >= 0.3 is 0 Å². The molecule has 0 aliphatic heterocycles. The zero-order chi connectivity index (χ0) is 22.5. The molecular weight excluding hydrogens is 398 g/mol. The first-order valence-corrected chi connectivity index (χ1v) is 11.3. The lowest BCUT2D eigenvalue weighted by Crippen LogP contribution is -2.37. The first-order valence-electron chi connectivity index (χ1n) is 9.83. The SMILES string of the molecule is Cc1cc(C)c(S(=O)(=O)N(C)CCN(C)C(=O)CCc2ccc(C#N)cc2)c(C)c1. The topological polar surface area (TPSA) is 81.5 Å². The van der Waals surface area contributed by atoms with E-state index in [2.05, 4.69) is 6.07 Å². The summed E-state index contributed by atoms with van der Waals surface area (Å²) in [6.07, 6.45) is 0.903. The minimum Gasteiger partial charge on any atom is -0.344 e. The molecule has 0 spiro atoms. The molecule has 0 aromatic heterocycles. The number of hydrogen-bond donors (Lipinski definition) is 0. The van der Waals surface area contributed by atoms with Crippen molar-refractivity contribution in [2.24, 2.45) is 0 Å². The van der Waals surface area contributed by atoms with Crippen molar-refractivity contribution in [3.05, 3.63) is 64.2 Å². The summed E-state index contributed by atoms with van der Waals surface area (Å²) in [6.45, 7) is 6.08. The fourth-order valence-corrected chi connectivity index (χ4v) is 5.02. The first kappa shape index (κ1) is 23.6. The zero-order valence-corrected chi connectivity index (χ0v) is 19.1. The van der Waals surface area contributed by atoms with E-state index < -0.39 is 10.0 Å². The smallest absolute Gasteiger partial charge is 0.243 e. The van der Waals surface area contributed by atoms with E-state index in [9.17, 15) is 13.2 Å². The second-order valence-corrected chi connectivity index (χ2v) is 9.66. The lowest BCUT2D eigenvalue weighted by atomic mass is 10.1. The maximum atomic E-state index is 13.0. The van der Waals surface area contributed by atoms with Crippen LogP contribution in [0.5, 0.6) is 0 Å². The summed E-state index contributed by atoms with van der Waals surface area (Å²) < 4.78 is 27.4. The molecule has 0 fully saturated rings. The third kappa shape index (κ3) is 5.68. The number of sulfonamides is 1. The summed E-state index contributed by atoms with van der Waals surface area (Å²) in [4.78, 5) is 14.3. The molecule has 6 nitrogen and oxygen atoms in total. The second kappa shape index (κ2) is 9.88. The molecule has 1 amide bonds. The van der Waals surface area contributed by atoms with Crippen LogP contribution < -0.4 is 0 Å². The Balaban J connectivity index is 1.95. The predicted octanol–water partition coefficient (Wildman–Crippen LogP) is 3.20. The molecule has 0 saturated carbocycles. The molecule has 0 bridgehead atoms. The summed E-state index contributed by atoms with van der Waals surface area (Å²) in [5.74, 6) is -0.0483. The molecule has 160 valence electrons. The largest absolute Gasteiger partial charge is 0.344 e. The highest BCUT2D eigenvalue weighted by Gasteiger charge is 2.25. The predicted molar refractivity (Wildman–Crippen MR) is 118 cm³/mol. The fourth-order valence-electron chi connectivity index (χ4n) is 3.45. The molecule has 0 atom stereocenters. The second-order valence-electron chi connectivity index (χ2n) is 7.68. The van der Waals surface area contributed by atoms with Gasteiger partial charge in [0.05, 0.1) is 16.5 Å². The molecule has 7 heteroatoms. The highest BCUT2D eigenvalue weighted by molar-refractivity contribution is 7.89. The molecule has 0 radical (unpaired) electrons. The number of aryl methyl sites for hydroxylation is 4. The van der Waals surface area contributed by atoms with E-state index in [-0.39, 0.29) is 12.5 Å². The van der Waals surface area contributed by atoms with E-state index in [4.69, 9.17) is 5.26 Å². The fraction of sp³-hybridized carbons (Fsp3) is 0.391. The van der Waals surface area contributed by atoms with Crippen LogP contribution in [0.3, 0.4) is 0 Å². The van der Waals surface area contributed by atoms with E-state index in [1.807, 2.05) is 31.2 Å². The molecule has 0 heterocycles. The van der Waals surface area contributed by atoms with Gasteiger partial charge in [0.2, 0.25) is 15.9 Å². The van der Waals surface area contributed by atoms with Crippen molar-refractivity contribution in [3.63, 3.8) is 0 Å². The number of hydrogen-bond acceptors (Lipinski definition) is 4. The van der Waals surface area contributed by atoms with Gasteiger partial charge in [-0.25, -0.2) is 8.42 Å². The molecule has 2 rings (SSSR count). The van der Waals surface area contributed by atoms with Gasteiger partial charge in [0.1, 0.15) is 0 Å².